The van der Waals surface area contributed by atoms with Crippen LogP contribution < -0.4 is 10.6 Å². The van der Waals surface area contributed by atoms with E-state index in [2.05, 4.69) is 41.5 Å². The van der Waals surface area contributed by atoms with Crippen LogP contribution >= 0.6 is 0 Å². The van der Waals surface area contributed by atoms with E-state index in [4.69, 9.17) is 0 Å². The Labute approximate surface area is 222 Å². The predicted molar refractivity (Wildman–Crippen MR) is 146 cm³/mol. The van der Waals surface area contributed by atoms with Gasteiger partial charge in [0.2, 0.25) is 0 Å². The second kappa shape index (κ2) is 11.3. The van der Waals surface area contributed by atoms with Gasteiger partial charge in [-0.15, -0.1) is 0 Å². The molecule has 3 aromatic rings. The average Bonchev–Trinajstić information content (AvgIpc) is 3.18. The number of anilines is 2. The molecule has 0 atom stereocenters. The number of benzene rings is 2. The Balaban J connectivity index is 1.54. The number of hydrogen-bond donors (Lipinski definition) is 2. The Bertz CT molecular complexity index is 1430. The molecule has 204 valence electrons. The maximum atomic E-state index is 13.5. The van der Waals surface area contributed by atoms with Gasteiger partial charge in [0.1, 0.15) is 6.54 Å². The lowest BCUT2D eigenvalue weighted by Gasteiger charge is -2.33. The fraction of sp³-hybridized carbons (Fsp3) is 0.429. The van der Waals surface area contributed by atoms with Crippen LogP contribution in [0, 0.1) is 11.8 Å². The van der Waals surface area contributed by atoms with E-state index < -0.39 is 22.6 Å². The summed E-state index contributed by atoms with van der Waals surface area (Å²) in [6.45, 7) is -0.940. The summed E-state index contributed by atoms with van der Waals surface area (Å²) >= 11 is 0. The summed E-state index contributed by atoms with van der Waals surface area (Å²) in [4.78, 5) is 2.46. The largest absolute Gasteiger partial charge is 0.406 e. The van der Waals surface area contributed by atoms with Crippen molar-refractivity contribution in [3.63, 3.8) is 0 Å². The third kappa shape index (κ3) is 7.03. The minimum Gasteiger partial charge on any atom is -0.382 e. The second-order valence-electron chi connectivity index (χ2n) is 10.0. The SMILES string of the molecule is CN(C)[C@H]1CC[C@@H](Nc2cccc3c2cc(C#CCNc2ccc(S(C)(=O)=O)cc2)n3CC(F)(F)F)CC1. The van der Waals surface area contributed by atoms with Gasteiger partial charge in [0, 0.05) is 35.1 Å². The Hall–Kier alpha value is -3.16. The van der Waals surface area contributed by atoms with Crippen molar-refractivity contribution in [2.24, 2.45) is 0 Å². The molecule has 2 aromatic carbocycles. The van der Waals surface area contributed by atoms with E-state index in [0.717, 1.165) is 43.0 Å². The number of nitrogens with one attached hydrogen (secondary N) is 2. The number of nitrogens with zero attached hydrogens (tertiary/aromatic N) is 2. The highest BCUT2D eigenvalue weighted by molar-refractivity contribution is 7.90. The van der Waals surface area contributed by atoms with Crippen molar-refractivity contribution >= 4 is 32.1 Å². The van der Waals surface area contributed by atoms with E-state index in [1.165, 1.54) is 16.7 Å². The second-order valence-corrected chi connectivity index (χ2v) is 12.1. The average molecular weight is 547 g/mol. The van der Waals surface area contributed by atoms with Crippen LogP contribution in [0.4, 0.5) is 24.5 Å². The highest BCUT2D eigenvalue weighted by Gasteiger charge is 2.30. The number of rotatable bonds is 7. The molecule has 1 saturated carbocycles. The third-order valence-corrected chi connectivity index (χ3v) is 8.08. The molecule has 1 heterocycles. The highest BCUT2D eigenvalue weighted by atomic mass is 32.2. The van der Waals surface area contributed by atoms with Gasteiger partial charge in [-0.2, -0.15) is 13.2 Å². The number of alkyl halides is 3. The van der Waals surface area contributed by atoms with Gasteiger partial charge in [0.25, 0.3) is 0 Å². The summed E-state index contributed by atoms with van der Waals surface area (Å²) < 4.78 is 64.9. The Morgan fingerprint density at radius 3 is 2.34 bits per heavy atom. The summed E-state index contributed by atoms with van der Waals surface area (Å²) in [5.41, 5.74) is 2.27. The maximum Gasteiger partial charge on any atom is 0.406 e. The van der Waals surface area contributed by atoms with Gasteiger partial charge in [-0.1, -0.05) is 12.0 Å². The van der Waals surface area contributed by atoms with Crippen LogP contribution in [0.1, 0.15) is 31.4 Å². The van der Waals surface area contributed by atoms with Crippen LogP contribution in [0.2, 0.25) is 0 Å². The third-order valence-electron chi connectivity index (χ3n) is 6.95. The first-order chi connectivity index (χ1) is 17.9. The summed E-state index contributed by atoms with van der Waals surface area (Å²) in [6, 6.07) is 14.2. The van der Waals surface area contributed by atoms with Crippen LogP contribution in [-0.2, 0) is 16.4 Å². The van der Waals surface area contributed by atoms with Crippen molar-refractivity contribution < 1.29 is 21.6 Å². The van der Waals surface area contributed by atoms with Gasteiger partial charge in [-0.3, -0.25) is 0 Å². The van der Waals surface area contributed by atoms with E-state index in [9.17, 15) is 21.6 Å². The van der Waals surface area contributed by atoms with Crippen molar-refractivity contribution in [2.45, 2.75) is 55.4 Å². The van der Waals surface area contributed by atoms with Gasteiger partial charge < -0.3 is 20.1 Å². The van der Waals surface area contributed by atoms with Gasteiger partial charge in [0.15, 0.2) is 9.84 Å². The number of fused-ring (bicyclic) bond motifs is 1. The first kappa shape index (κ1) is 27.9. The molecular weight excluding hydrogens is 513 g/mol. The highest BCUT2D eigenvalue weighted by Crippen LogP contribution is 2.32. The molecule has 6 nitrogen and oxygen atoms in total. The van der Waals surface area contributed by atoms with Gasteiger partial charge in [-0.05, 0) is 88.2 Å². The molecule has 1 aromatic heterocycles. The molecule has 0 radical (unpaired) electrons. The molecule has 0 unspecified atom stereocenters. The van der Waals surface area contributed by atoms with Crippen LogP contribution in [0.3, 0.4) is 0 Å². The fourth-order valence-corrected chi connectivity index (χ4v) is 5.55. The molecule has 1 aliphatic rings. The standard InChI is InChI=1S/C28H33F3N4O2S/c1-34(2)22-13-9-21(10-14-22)33-26-7-4-8-27-25(26)18-23(35(27)19-28(29,30)31)6-5-17-32-20-11-15-24(16-12-20)38(3,36)37/h4,7-8,11-12,15-16,18,21-22,32-33H,9-10,13-14,17,19H2,1-3H3/t21-,22+. The summed E-state index contributed by atoms with van der Waals surface area (Å²) in [6.07, 6.45) is 0.915. The molecule has 0 spiro atoms. The first-order valence-electron chi connectivity index (χ1n) is 12.6. The van der Waals surface area contributed by atoms with Crippen molar-refractivity contribution in [1.82, 2.24) is 9.47 Å². The van der Waals surface area contributed by atoms with Crippen molar-refractivity contribution in [2.75, 3.05) is 37.5 Å². The zero-order chi connectivity index (χ0) is 27.5. The maximum absolute atomic E-state index is 13.5. The minimum atomic E-state index is -4.39. The lowest BCUT2D eigenvalue weighted by Crippen LogP contribution is -2.36. The molecule has 4 rings (SSSR count). The summed E-state index contributed by atoms with van der Waals surface area (Å²) in [5, 5.41) is 7.35. The van der Waals surface area contributed by atoms with Crippen LogP contribution in [0.25, 0.3) is 10.9 Å². The van der Waals surface area contributed by atoms with Crippen LogP contribution in [0.15, 0.2) is 53.4 Å². The molecule has 2 N–H and O–H groups in total. The number of sulfone groups is 1. The lowest BCUT2D eigenvalue weighted by molar-refractivity contribution is -0.140. The quantitative estimate of drug-likeness (QED) is 0.391. The van der Waals surface area contributed by atoms with Crippen molar-refractivity contribution in [3.8, 4) is 11.8 Å². The number of hydrogen-bond acceptors (Lipinski definition) is 5. The Morgan fingerprint density at radius 2 is 1.74 bits per heavy atom. The summed E-state index contributed by atoms with van der Waals surface area (Å²) in [7, 11) is 0.895. The van der Waals surface area contributed by atoms with E-state index in [0.29, 0.717) is 17.2 Å². The molecule has 0 bridgehead atoms. The van der Waals surface area contributed by atoms with Crippen LogP contribution in [-0.4, -0.2) is 63.0 Å². The lowest BCUT2D eigenvalue weighted by atomic mass is 9.90. The molecule has 10 heteroatoms. The normalized spacial score (nSPS) is 18.3. The molecule has 1 aliphatic carbocycles. The zero-order valence-electron chi connectivity index (χ0n) is 21.8. The van der Waals surface area contributed by atoms with Gasteiger partial charge in [0.05, 0.1) is 22.7 Å². The van der Waals surface area contributed by atoms with Crippen molar-refractivity contribution in [1.29, 1.82) is 0 Å². The minimum absolute atomic E-state index is 0.186. The van der Waals surface area contributed by atoms with E-state index in [-0.39, 0.29) is 23.2 Å². The monoisotopic (exact) mass is 546 g/mol. The Kier molecular flexibility index (Phi) is 8.28. The predicted octanol–water partition coefficient (Wildman–Crippen LogP) is 5.36. The van der Waals surface area contributed by atoms with E-state index >= 15 is 0 Å². The number of halogens is 3. The van der Waals surface area contributed by atoms with Crippen molar-refractivity contribution in [3.05, 3.63) is 54.2 Å². The van der Waals surface area contributed by atoms with Crippen LogP contribution in [0.5, 0.6) is 0 Å². The number of aromatic nitrogens is 1. The fourth-order valence-electron chi connectivity index (χ4n) is 4.92. The Morgan fingerprint density at radius 1 is 1.05 bits per heavy atom. The first-order valence-corrected chi connectivity index (χ1v) is 14.4. The molecular formula is C28H33F3N4O2S. The topological polar surface area (TPSA) is 66.4 Å². The molecule has 1 fully saturated rings. The van der Waals surface area contributed by atoms with E-state index in [1.54, 1.807) is 30.3 Å². The molecule has 38 heavy (non-hydrogen) atoms. The molecule has 0 amide bonds. The zero-order valence-corrected chi connectivity index (χ0v) is 22.6. The van der Waals surface area contributed by atoms with Gasteiger partial charge >= 0.3 is 6.18 Å². The molecule has 0 saturated heterocycles. The summed E-state index contributed by atoms with van der Waals surface area (Å²) in [5.74, 6) is 5.81. The molecule has 0 aliphatic heterocycles. The van der Waals surface area contributed by atoms with Gasteiger partial charge in [-0.25, -0.2) is 8.42 Å². The smallest absolute Gasteiger partial charge is 0.382 e. The van der Waals surface area contributed by atoms with E-state index in [1.807, 2.05) is 6.07 Å².